The molecule has 4 amide bonds. The van der Waals surface area contributed by atoms with E-state index in [0.29, 0.717) is 163 Å². The highest BCUT2D eigenvalue weighted by Gasteiger charge is 2.44. The maximum Gasteiger partial charge on any atom is 0.314 e. The number of ether oxygens (including phenoxy) is 4. The quantitative estimate of drug-likeness (QED) is 0.0332. The summed E-state index contributed by atoms with van der Waals surface area (Å²) in [6, 6.07) is 24.7. The Morgan fingerprint density at radius 2 is 0.915 bits per heavy atom. The fraction of sp³-hybridized carbons (Fsp3) is 0.576. The number of carbonyl (C=O) groups excluding carboxylic acids is 2. The number of likely N-dealkylation sites (tertiary alicyclic amines) is 2. The summed E-state index contributed by atoms with van der Waals surface area (Å²) in [5, 5.41) is 39.2. The minimum atomic E-state index is -3.82. The maximum absolute atomic E-state index is 13.5. The summed E-state index contributed by atoms with van der Waals surface area (Å²) in [5.41, 5.74) is 4.73. The number of piperazine rings is 2. The van der Waals surface area contributed by atoms with Gasteiger partial charge in [0.15, 0.2) is 0 Å². The zero-order valence-electron chi connectivity index (χ0n) is 54.0. The van der Waals surface area contributed by atoms with E-state index in [-0.39, 0.29) is 70.2 Å². The lowest BCUT2D eigenvalue weighted by atomic mass is 10.0. The second-order valence-electron chi connectivity index (χ2n) is 25.8. The number of urea groups is 2. The third kappa shape index (κ3) is 19.0. The SMILES string of the molecule is C[C@@H]1CN([C@H]2Cc3c(C#N)cc(Cl)cc3[C@@H]2Oc2ccc(S(=O)(=O)N[C@H]3CCN(CCOCCNC(=O)NCCCCNC(=O)NCCOCCN4CC[C@H](NS(=O)(=O)c5ccc(O[C@H]6c7cc(Cl)cc(C#N)c7C[C@@H]6N6C[C@H](C)N[C@@H](C)C6)cc5)C4)C3)cc2)C[C@H](C)N1. The van der Waals surface area contributed by atoms with Crippen LogP contribution in [0.5, 0.6) is 11.5 Å². The Morgan fingerprint density at radius 3 is 1.29 bits per heavy atom. The Hall–Kier alpha value is -5.92. The van der Waals surface area contributed by atoms with Crippen LogP contribution in [0.25, 0.3) is 0 Å². The number of sulfonamides is 2. The number of hydrogen-bond donors (Lipinski definition) is 8. The van der Waals surface area contributed by atoms with Gasteiger partial charge in [-0.05, 0) is 174 Å². The Bertz CT molecular complexity index is 3320. The first-order valence-corrected chi connectivity index (χ1v) is 36.6. The standard InChI is InChI=1S/C66H90Cl2N14O10S2/c1-43-37-81(38-44(2)75-43)61-33-57-47(35-69)29-49(67)31-59(57)63(61)91-53-7-11-55(12-8-53)93(85,86)77-51-15-21-79(41-51)23-27-89-25-19-73-65(83)71-17-5-6-18-72-66(84)74-20-26-90-28-24-80-22-16-52(42-80)78-94(87,88)56-13-9-54(10-14-56)92-64-60-32-50(68)30-48(36-70)58(60)34-62(64)82-39-45(3)76-46(4)40-82/h7-14,29-32,43-46,51-52,61-64,75-78H,5-6,15-28,33-34,37-42H2,1-4H3,(H2,71,73,83)(H2,72,74,84)/t43-,44-,45-,46+,51-,52-,61-,62-,63-,64-/m0/s1. The number of nitriles is 2. The highest BCUT2D eigenvalue weighted by atomic mass is 35.5. The van der Waals surface area contributed by atoms with Crippen molar-refractivity contribution in [3.05, 3.63) is 116 Å². The van der Waals surface area contributed by atoms with Gasteiger partial charge in [0.1, 0.15) is 23.7 Å². The molecule has 0 saturated carbocycles. The van der Waals surface area contributed by atoms with Gasteiger partial charge < -0.3 is 50.8 Å². The van der Waals surface area contributed by atoms with Crippen molar-refractivity contribution in [3.63, 3.8) is 0 Å². The molecule has 4 saturated heterocycles. The Labute approximate surface area is 563 Å². The van der Waals surface area contributed by atoms with E-state index in [1.54, 1.807) is 60.7 Å². The van der Waals surface area contributed by atoms with E-state index in [4.69, 9.17) is 42.1 Å². The third-order valence-electron chi connectivity index (χ3n) is 18.3. The summed E-state index contributed by atoms with van der Waals surface area (Å²) in [7, 11) is -7.63. The number of hydrogen-bond acceptors (Lipinski definition) is 18. The molecule has 0 bridgehead atoms. The molecule has 6 aliphatic rings. The first-order valence-electron chi connectivity index (χ1n) is 32.9. The molecule has 4 fully saturated rings. The van der Waals surface area contributed by atoms with Gasteiger partial charge in [-0.3, -0.25) is 19.6 Å². The molecule has 4 aromatic carbocycles. The van der Waals surface area contributed by atoms with Crippen LogP contribution in [0, 0.1) is 22.7 Å². The summed E-state index contributed by atoms with van der Waals surface area (Å²) in [5.74, 6) is 1.05. The summed E-state index contributed by atoms with van der Waals surface area (Å²) < 4.78 is 84.7. The molecule has 4 heterocycles. The van der Waals surface area contributed by atoms with E-state index in [1.807, 2.05) is 12.1 Å². The molecule has 4 aliphatic heterocycles. The summed E-state index contributed by atoms with van der Waals surface area (Å²) in [6.45, 7) is 18.7. The van der Waals surface area contributed by atoms with Gasteiger partial charge >= 0.3 is 12.1 Å². The van der Waals surface area contributed by atoms with Crippen molar-refractivity contribution in [3.8, 4) is 23.6 Å². The average Bonchev–Trinajstić information content (AvgIpc) is 1.61. The predicted octanol–water partition coefficient (Wildman–Crippen LogP) is 5.01. The zero-order valence-corrected chi connectivity index (χ0v) is 57.2. The molecule has 10 atom stereocenters. The minimum absolute atomic E-state index is 0.0273. The Kier molecular flexibility index (Phi) is 24.8. The predicted molar refractivity (Wildman–Crippen MR) is 358 cm³/mol. The number of nitrogens with zero attached hydrogens (tertiary/aromatic N) is 6. The minimum Gasteiger partial charge on any atom is -0.484 e. The molecular formula is C66H90Cl2N14O10S2. The van der Waals surface area contributed by atoms with Crippen molar-refractivity contribution >= 4 is 55.3 Å². The maximum atomic E-state index is 13.5. The van der Waals surface area contributed by atoms with Crippen LogP contribution < -0.4 is 50.8 Å². The number of benzene rings is 4. The highest BCUT2D eigenvalue weighted by molar-refractivity contribution is 7.89. The van der Waals surface area contributed by atoms with E-state index in [9.17, 15) is 36.9 Å². The molecule has 4 aromatic rings. The van der Waals surface area contributed by atoms with E-state index in [2.05, 4.69) is 101 Å². The van der Waals surface area contributed by atoms with E-state index < -0.39 is 32.3 Å². The van der Waals surface area contributed by atoms with Crippen LogP contribution in [-0.2, 0) is 42.4 Å². The second-order valence-corrected chi connectivity index (χ2v) is 30.1. The smallest absolute Gasteiger partial charge is 0.314 e. The molecule has 10 rings (SSSR count). The monoisotopic (exact) mass is 1370 g/mol. The lowest BCUT2D eigenvalue weighted by Gasteiger charge is -2.41. The van der Waals surface area contributed by atoms with Gasteiger partial charge in [-0.15, -0.1) is 0 Å². The Morgan fingerprint density at radius 1 is 0.543 bits per heavy atom. The second kappa shape index (κ2) is 32.9. The Balaban J connectivity index is 0.529. The van der Waals surface area contributed by atoms with Crippen LogP contribution in [0.1, 0.15) is 99.0 Å². The molecule has 28 heteroatoms. The van der Waals surface area contributed by atoms with Crippen molar-refractivity contribution in [2.24, 2.45) is 0 Å². The largest absolute Gasteiger partial charge is 0.484 e. The van der Waals surface area contributed by atoms with E-state index in [1.165, 1.54) is 0 Å². The molecule has 8 N–H and O–H groups in total. The van der Waals surface area contributed by atoms with Crippen molar-refractivity contribution in [1.82, 2.24) is 60.9 Å². The summed E-state index contributed by atoms with van der Waals surface area (Å²) >= 11 is 13.0. The molecule has 0 spiro atoms. The highest BCUT2D eigenvalue weighted by Crippen LogP contribution is 2.44. The van der Waals surface area contributed by atoms with Crippen LogP contribution in [-0.4, -0.2) is 215 Å². The number of rotatable bonds is 29. The lowest BCUT2D eigenvalue weighted by molar-refractivity contribution is 0.0479. The third-order valence-corrected chi connectivity index (χ3v) is 21.8. The first kappa shape index (κ1) is 70.9. The van der Waals surface area contributed by atoms with Crippen LogP contribution in [0.4, 0.5) is 9.59 Å². The number of halogens is 2. The van der Waals surface area contributed by atoms with Gasteiger partial charge in [0, 0.05) is 125 Å². The molecule has 0 radical (unpaired) electrons. The van der Waals surface area contributed by atoms with Gasteiger partial charge in [0.2, 0.25) is 20.0 Å². The molecule has 24 nitrogen and oxygen atoms in total. The van der Waals surface area contributed by atoms with Crippen LogP contribution >= 0.6 is 23.2 Å². The van der Waals surface area contributed by atoms with Crippen molar-refractivity contribution in [2.45, 2.75) is 137 Å². The summed E-state index contributed by atoms with van der Waals surface area (Å²) in [4.78, 5) is 34.1. The fourth-order valence-electron chi connectivity index (χ4n) is 14.1. The van der Waals surface area contributed by atoms with Gasteiger partial charge in [-0.1, -0.05) is 23.2 Å². The molecule has 94 heavy (non-hydrogen) atoms. The summed E-state index contributed by atoms with van der Waals surface area (Å²) in [6.07, 6.45) is 3.14. The van der Waals surface area contributed by atoms with Crippen LogP contribution in [0.15, 0.2) is 82.6 Å². The molecule has 2 aliphatic carbocycles. The molecule has 0 aromatic heterocycles. The van der Waals surface area contributed by atoms with E-state index in [0.717, 1.165) is 48.4 Å². The molecule has 510 valence electrons. The lowest BCUT2D eigenvalue weighted by Crippen LogP contribution is -2.58. The van der Waals surface area contributed by atoms with Crippen molar-refractivity contribution in [2.75, 3.05) is 118 Å². The van der Waals surface area contributed by atoms with Crippen LogP contribution in [0.2, 0.25) is 10.0 Å². The number of amides is 4. The van der Waals surface area contributed by atoms with Crippen LogP contribution in [0.3, 0.4) is 0 Å². The number of nitrogens with one attached hydrogen (secondary N) is 8. The van der Waals surface area contributed by atoms with Gasteiger partial charge in [0.25, 0.3) is 0 Å². The van der Waals surface area contributed by atoms with Gasteiger partial charge in [-0.2, -0.15) is 10.5 Å². The van der Waals surface area contributed by atoms with Gasteiger partial charge in [-0.25, -0.2) is 35.9 Å². The number of fused-ring (bicyclic) bond motifs is 2. The van der Waals surface area contributed by atoms with Crippen molar-refractivity contribution in [1.29, 1.82) is 10.5 Å². The number of unbranched alkanes of at least 4 members (excludes halogenated alkanes) is 1. The zero-order chi connectivity index (χ0) is 66.5. The number of carbonyl (C=O) groups is 2. The topological polar surface area (TPSA) is 296 Å². The van der Waals surface area contributed by atoms with Crippen molar-refractivity contribution < 1.29 is 45.4 Å². The van der Waals surface area contributed by atoms with E-state index >= 15 is 0 Å². The average molecular weight is 1370 g/mol. The fourth-order valence-corrected chi connectivity index (χ4v) is 17.1. The normalized spacial score (nSPS) is 25.1. The molecule has 0 unspecified atom stereocenters. The van der Waals surface area contributed by atoms with Gasteiger partial charge in [0.05, 0.1) is 71.6 Å². The first-order chi connectivity index (χ1) is 45.2. The molecular weight excluding hydrogens is 1280 g/mol.